The van der Waals surface area contributed by atoms with Crippen LogP contribution in [0.3, 0.4) is 0 Å². The van der Waals surface area contributed by atoms with Crippen LogP contribution in [0.2, 0.25) is 0 Å². The summed E-state index contributed by atoms with van der Waals surface area (Å²) in [5.41, 5.74) is 7.37. The molecule has 14 heavy (non-hydrogen) atoms. The molecule has 1 aliphatic rings. The van der Waals surface area contributed by atoms with Crippen LogP contribution in [0.1, 0.15) is 18.4 Å². The number of nitrogens with two attached hydrogens (primary N) is 1. The van der Waals surface area contributed by atoms with Gasteiger partial charge >= 0.3 is 0 Å². The van der Waals surface area contributed by atoms with E-state index in [1.807, 2.05) is 11.8 Å². The molecule has 0 saturated heterocycles. The second-order valence-corrected chi connectivity index (χ2v) is 5.22. The molecule has 2 N–H and O–H groups in total. The molecule has 1 saturated carbocycles. The summed E-state index contributed by atoms with van der Waals surface area (Å²) in [4.78, 5) is 1.35. The molecule has 0 radical (unpaired) electrons. The van der Waals surface area contributed by atoms with Crippen molar-refractivity contribution in [3.63, 3.8) is 0 Å². The second kappa shape index (κ2) is 4.37. The second-order valence-electron chi connectivity index (χ2n) is 4.13. The monoisotopic (exact) mass is 207 g/mol. The lowest BCUT2D eigenvalue weighted by Gasteiger charge is -2.09. The van der Waals surface area contributed by atoms with Gasteiger partial charge in [0.1, 0.15) is 0 Å². The van der Waals surface area contributed by atoms with Gasteiger partial charge in [-0.3, -0.25) is 0 Å². The number of hydrogen-bond acceptors (Lipinski definition) is 2. The quantitative estimate of drug-likeness (QED) is 0.768. The molecule has 0 bridgehead atoms. The van der Waals surface area contributed by atoms with Crippen LogP contribution in [0, 0.1) is 12.8 Å². The van der Waals surface area contributed by atoms with Crippen molar-refractivity contribution in [2.45, 2.75) is 30.7 Å². The first kappa shape index (κ1) is 10.1. The molecule has 1 aromatic carbocycles. The fraction of sp³-hybridized carbons (Fsp3) is 0.500. The third-order valence-corrected chi connectivity index (χ3v) is 3.80. The summed E-state index contributed by atoms with van der Waals surface area (Å²) in [6.07, 6.45) is 2.69. The lowest BCUT2D eigenvalue weighted by Crippen LogP contribution is -2.24. The number of rotatable bonds is 4. The Balaban J connectivity index is 1.84. The first-order chi connectivity index (χ1) is 6.75. The van der Waals surface area contributed by atoms with E-state index in [4.69, 9.17) is 5.73 Å². The molecular weight excluding hydrogens is 190 g/mol. The van der Waals surface area contributed by atoms with Crippen LogP contribution in [0.5, 0.6) is 0 Å². The van der Waals surface area contributed by atoms with Gasteiger partial charge in [-0.1, -0.05) is 17.7 Å². The zero-order chi connectivity index (χ0) is 9.97. The predicted octanol–water partition coefficient (Wildman–Crippen LogP) is 2.82. The Morgan fingerprint density at radius 2 is 2.29 bits per heavy atom. The fourth-order valence-electron chi connectivity index (χ4n) is 1.56. The van der Waals surface area contributed by atoms with Crippen LogP contribution in [-0.4, -0.2) is 11.8 Å². The zero-order valence-electron chi connectivity index (χ0n) is 8.57. The topological polar surface area (TPSA) is 26.0 Å². The number of hydrogen-bond donors (Lipinski definition) is 1. The van der Waals surface area contributed by atoms with Crippen molar-refractivity contribution < 1.29 is 0 Å². The average molecular weight is 207 g/mol. The van der Waals surface area contributed by atoms with Gasteiger partial charge in [0.05, 0.1) is 0 Å². The van der Waals surface area contributed by atoms with Crippen molar-refractivity contribution in [3.8, 4) is 0 Å². The fourth-order valence-corrected chi connectivity index (χ4v) is 2.66. The highest BCUT2D eigenvalue weighted by atomic mass is 32.2. The molecule has 1 aliphatic carbocycles. The highest BCUT2D eigenvalue weighted by Gasteiger charge is 2.28. The number of aryl methyl sites for hydroxylation is 1. The van der Waals surface area contributed by atoms with Crippen LogP contribution in [0.15, 0.2) is 29.2 Å². The molecule has 1 unspecified atom stereocenters. The molecule has 76 valence electrons. The van der Waals surface area contributed by atoms with Crippen molar-refractivity contribution in [2.24, 2.45) is 11.7 Å². The molecule has 0 aromatic heterocycles. The molecule has 0 amide bonds. The molecule has 2 rings (SSSR count). The van der Waals surface area contributed by atoms with E-state index in [1.54, 1.807) is 0 Å². The van der Waals surface area contributed by atoms with Gasteiger partial charge in [0.25, 0.3) is 0 Å². The first-order valence-corrected chi connectivity index (χ1v) is 6.19. The molecule has 0 spiro atoms. The Labute approximate surface area is 90.1 Å². The van der Waals surface area contributed by atoms with Crippen LogP contribution in [0.25, 0.3) is 0 Å². The van der Waals surface area contributed by atoms with Crippen molar-refractivity contribution in [1.29, 1.82) is 0 Å². The number of benzene rings is 1. The standard InChI is InChI=1S/C12H17NS/c1-9-3-2-4-11(7-9)14-8-12(13)10-5-6-10/h2-4,7,10,12H,5-6,8,13H2,1H3. The highest BCUT2D eigenvalue weighted by molar-refractivity contribution is 7.99. The molecule has 1 aromatic rings. The molecule has 1 atom stereocenters. The van der Waals surface area contributed by atoms with Gasteiger partial charge in [0, 0.05) is 16.7 Å². The van der Waals surface area contributed by atoms with E-state index in [0.29, 0.717) is 6.04 Å². The van der Waals surface area contributed by atoms with Crippen molar-refractivity contribution in [1.82, 2.24) is 0 Å². The molecule has 1 nitrogen and oxygen atoms in total. The molecule has 2 heteroatoms. The van der Waals surface area contributed by atoms with Gasteiger partial charge in [-0.2, -0.15) is 0 Å². The summed E-state index contributed by atoms with van der Waals surface area (Å²) in [5.74, 6) is 1.88. The lowest BCUT2D eigenvalue weighted by atomic mass is 10.2. The lowest BCUT2D eigenvalue weighted by molar-refractivity contribution is 0.659. The minimum atomic E-state index is 0.403. The van der Waals surface area contributed by atoms with Gasteiger partial charge in [-0.05, 0) is 37.8 Å². The summed E-state index contributed by atoms with van der Waals surface area (Å²) < 4.78 is 0. The Morgan fingerprint density at radius 1 is 1.50 bits per heavy atom. The van der Waals surface area contributed by atoms with Gasteiger partial charge in [-0.25, -0.2) is 0 Å². The highest BCUT2D eigenvalue weighted by Crippen LogP contribution is 2.34. The van der Waals surface area contributed by atoms with E-state index in [1.165, 1.54) is 23.3 Å². The normalized spacial score (nSPS) is 18.1. The average Bonchev–Trinajstić information content (AvgIpc) is 2.97. The molecule has 0 heterocycles. The Hall–Kier alpha value is -0.470. The summed E-state index contributed by atoms with van der Waals surface area (Å²) in [7, 11) is 0. The maximum absolute atomic E-state index is 6.04. The van der Waals surface area contributed by atoms with Gasteiger partial charge < -0.3 is 5.73 Å². The van der Waals surface area contributed by atoms with E-state index < -0.39 is 0 Å². The maximum atomic E-state index is 6.04. The minimum absolute atomic E-state index is 0.403. The Bertz CT molecular complexity index is 307. The smallest absolute Gasteiger partial charge is 0.0162 e. The first-order valence-electron chi connectivity index (χ1n) is 5.21. The van der Waals surface area contributed by atoms with Gasteiger partial charge in [-0.15, -0.1) is 11.8 Å². The van der Waals surface area contributed by atoms with Crippen LogP contribution in [0.4, 0.5) is 0 Å². The van der Waals surface area contributed by atoms with E-state index in [2.05, 4.69) is 31.2 Å². The van der Waals surface area contributed by atoms with Gasteiger partial charge in [0.15, 0.2) is 0 Å². The number of thioether (sulfide) groups is 1. The largest absolute Gasteiger partial charge is 0.327 e. The van der Waals surface area contributed by atoms with Crippen LogP contribution >= 0.6 is 11.8 Å². The SMILES string of the molecule is Cc1cccc(SCC(N)C2CC2)c1. The minimum Gasteiger partial charge on any atom is -0.327 e. The van der Waals surface area contributed by atoms with Gasteiger partial charge in [0.2, 0.25) is 0 Å². The van der Waals surface area contributed by atoms with Crippen LogP contribution in [-0.2, 0) is 0 Å². The Kier molecular flexibility index (Phi) is 3.14. The third kappa shape index (κ3) is 2.76. The third-order valence-electron chi connectivity index (χ3n) is 2.66. The van der Waals surface area contributed by atoms with E-state index in [0.717, 1.165) is 11.7 Å². The van der Waals surface area contributed by atoms with E-state index in [9.17, 15) is 0 Å². The molecule has 1 fully saturated rings. The summed E-state index contributed by atoms with van der Waals surface area (Å²) >= 11 is 1.89. The molecular formula is C12H17NS. The Morgan fingerprint density at radius 3 is 2.93 bits per heavy atom. The zero-order valence-corrected chi connectivity index (χ0v) is 9.39. The summed E-state index contributed by atoms with van der Waals surface area (Å²) in [5, 5.41) is 0. The van der Waals surface area contributed by atoms with Crippen LogP contribution < -0.4 is 5.73 Å². The van der Waals surface area contributed by atoms with Crippen molar-refractivity contribution in [3.05, 3.63) is 29.8 Å². The van der Waals surface area contributed by atoms with E-state index >= 15 is 0 Å². The summed E-state index contributed by atoms with van der Waals surface area (Å²) in [6.45, 7) is 2.13. The van der Waals surface area contributed by atoms with Crippen molar-refractivity contribution in [2.75, 3.05) is 5.75 Å². The van der Waals surface area contributed by atoms with E-state index in [-0.39, 0.29) is 0 Å². The van der Waals surface area contributed by atoms with Crippen molar-refractivity contribution >= 4 is 11.8 Å². The maximum Gasteiger partial charge on any atom is 0.0162 e. The predicted molar refractivity (Wildman–Crippen MR) is 62.6 cm³/mol. The summed E-state index contributed by atoms with van der Waals surface area (Å²) in [6, 6.07) is 9.03. The molecule has 0 aliphatic heterocycles.